The molecule has 0 saturated carbocycles. The van der Waals surface area contributed by atoms with E-state index in [9.17, 15) is 18.8 Å². The van der Waals surface area contributed by atoms with Crippen LogP contribution in [0.2, 0.25) is 5.02 Å². The molecule has 0 aliphatic rings. The van der Waals surface area contributed by atoms with Crippen LogP contribution in [0.15, 0.2) is 168 Å². The Kier molecular flexibility index (Phi) is 12.3. The number of ether oxygens (including phenoxy) is 1. The molecule has 6 rings (SSSR count). The molecule has 0 bridgehead atoms. The van der Waals surface area contributed by atoms with Crippen LogP contribution in [0.1, 0.15) is 32.3 Å². The van der Waals surface area contributed by atoms with Crippen LogP contribution < -0.4 is 20.7 Å². The number of nitrogens with one attached hydrogen (secondary N) is 3. The van der Waals surface area contributed by atoms with Gasteiger partial charge >= 0.3 is 0 Å². The van der Waals surface area contributed by atoms with Gasteiger partial charge in [0.25, 0.3) is 11.8 Å². The normalized spacial score (nSPS) is 11.6. The number of anilines is 2. The predicted octanol–water partition coefficient (Wildman–Crippen LogP) is 9.94. The van der Waals surface area contributed by atoms with E-state index in [4.69, 9.17) is 16.3 Å². The molecule has 0 heterocycles. The first kappa shape index (κ1) is 36.6. The summed E-state index contributed by atoms with van der Waals surface area (Å²) in [5.74, 6) is -1.20. The van der Waals surface area contributed by atoms with E-state index in [1.165, 1.54) is 30.0 Å². The average molecular weight is 742 g/mol. The first-order valence-electron chi connectivity index (χ1n) is 16.5. The van der Waals surface area contributed by atoms with Crippen LogP contribution in [-0.4, -0.2) is 17.7 Å². The van der Waals surface area contributed by atoms with Crippen LogP contribution in [0.5, 0.6) is 5.75 Å². The molecule has 53 heavy (non-hydrogen) atoms. The Morgan fingerprint density at radius 3 is 2.00 bits per heavy atom. The molecule has 7 nitrogen and oxygen atoms in total. The van der Waals surface area contributed by atoms with Crippen molar-refractivity contribution in [3.05, 3.63) is 197 Å². The molecule has 0 spiro atoms. The highest BCUT2D eigenvalue weighted by molar-refractivity contribution is 8.00. The number of hydrogen-bond acceptors (Lipinski definition) is 5. The van der Waals surface area contributed by atoms with E-state index in [1.54, 1.807) is 84.9 Å². The second-order valence-corrected chi connectivity index (χ2v) is 13.3. The molecule has 0 aromatic heterocycles. The van der Waals surface area contributed by atoms with E-state index in [-0.39, 0.29) is 16.6 Å². The zero-order valence-corrected chi connectivity index (χ0v) is 29.7. The molecule has 1 unspecified atom stereocenters. The Labute approximate surface area is 315 Å². The average Bonchev–Trinajstić information content (AvgIpc) is 3.19. The Morgan fingerprint density at radius 1 is 0.717 bits per heavy atom. The summed E-state index contributed by atoms with van der Waals surface area (Å²) in [6.07, 6.45) is 1.60. The molecule has 0 saturated heterocycles. The SMILES string of the molecule is O=C(Nc1ccc(SC(C(=O)Nc2ccc(F)c(Cl)c2)c2ccccc2)cc1)/C(=C/c1ccc(OCc2ccccc2)cc1)NC(=O)c1ccccc1. The summed E-state index contributed by atoms with van der Waals surface area (Å²) in [6.45, 7) is 0.416. The van der Waals surface area contributed by atoms with Gasteiger partial charge in [-0.05, 0) is 89.5 Å². The minimum Gasteiger partial charge on any atom is -0.489 e. The summed E-state index contributed by atoms with van der Waals surface area (Å²) >= 11 is 7.24. The molecule has 3 N–H and O–H groups in total. The van der Waals surface area contributed by atoms with Gasteiger partial charge in [-0.15, -0.1) is 11.8 Å². The minimum absolute atomic E-state index is 0.0389. The molecule has 10 heteroatoms. The van der Waals surface area contributed by atoms with E-state index >= 15 is 0 Å². The van der Waals surface area contributed by atoms with E-state index < -0.39 is 22.9 Å². The van der Waals surface area contributed by atoms with Crippen molar-refractivity contribution in [2.45, 2.75) is 16.8 Å². The number of rotatable bonds is 13. The number of benzene rings is 6. The molecule has 6 aromatic rings. The third-order valence-corrected chi connectivity index (χ3v) is 9.42. The summed E-state index contributed by atoms with van der Waals surface area (Å²) in [6, 6.07) is 46.0. The monoisotopic (exact) mass is 741 g/mol. The van der Waals surface area contributed by atoms with Gasteiger partial charge in [0.2, 0.25) is 5.91 Å². The molecule has 1 atom stereocenters. The van der Waals surface area contributed by atoms with Gasteiger partial charge in [-0.3, -0.25) is 14.4 Å². The van der Waals surface area contributed by atoms with Crippen LogP contribution in [-0.2, 0) is 16.2 Å². The van der Waals surface area contributed by atoms with Gasteiger partial charge in [-0.25, -0.2) is 4.39 Å². The largest absolute Gasteiger partial charge is 0.489 e. The number of halogens is 2. The van der Waals surface area contributed by atoms with Gasteiger partial charge in [0.1, 0.15) is 29.1 Å². The molecule has 0 radical (unpaired) electrons. The number of thioether (sulfide) groups is 1. The van der Waals surface area contributed by atoms with Crippen molar-refractivity contribution in [3.63, 3.8) is 0 Å². The molecular weight excluding hydrogens is 709 g/mol. The Hall–Kier alpha value is -6.16. The van der Waals surface area contributed by atoms with Crippen LogP contribution in [0.25, 0.3) is 6.08 Å². The lowest BCUT2D eigenvalue weighted by molar-refractivity contribution is -0.116. The number of carbonyl (C=O) groups is 3. The fourth-order valence-electron chi connectivity index (χ4n) is 5.14. The highest BCUT2D eigenvalue weighted by Crippen LogP contribution is 2.37. The summed E-state index contributed by atoms with van der Waals surface area (Å²) in [7, 11) is 0. The van der Waals surface area contributed by atoms with Crippen LogP contribution in [0.3, 0.4) is 0 Å². The summed E-state index contributed by atoms with van der Waals surface area (Å²) < 4.78 is 19.6. The Morgan fingerprint density at radius 2 is 1.34 bits per heavy atom. The van der Waals surface area contributed by atoms with Crippen molar-refractivity contribution in [2.75, 3.05) is 10.6 Å². The third-order valence-electron chi connectivity index (χ3n) is 7.86. The van der Waals surface area contributed by atoms with Gasteiger partial charge in [-0.1, -0.05) is 103 Å². The Bertz CT molecular complexity index is 2200. The van der Waals surface area contributed by atoms with E-state index in [1.807, 2.05) is 60.7 Å². The van der Waals surface area contributed by atoms with Gasteiger partial charge in [-0.2, -0.15) is 0 Å². The maximum absolute atomic E-state index is 13.7. The third kappa shape index (κ3) is 10.4. The lowest BCUT2D eigenvalue weighted by atomic mass is 10.1. The first-order valence-corrected chi connectivity index (χ1v) is 17.8. The molecule has 6 aromatic carbocycles. The number of amides is 3. The van der Waals surface area contributed by atoms with E-state index in [0.717, 1.165) is 16.0 Å². The molecule has 3 amide bonds. The molecule has 264 valence electrons. The smallest absolute Gasteiger partial charge is 0.272 e. The van der Waals surface area contributed by atoms with Gasteiger partial charge < -0.3 is 20.7 Å². The van der Waals surface area contributed by atoms with E-state index in [0.29, 0.717) is 34.9 Å². The lowest BCUT2D eigenvalue weighted by Gasteiger charge is -2.18. The van der Waals surface area contributed by atoms with Crippen LogP contribution in [0.4, 0.5) is 15.8 Å². The zero-order valence-electron chi connectivity index (χ0n) is 28.2. The predicted molar refractivity (Wildman–Crippen MR) is 209 cm³/mol. The minimum atomic E-state index is -0.654. The fourth-order valence-corrected chi connectivity index (χ4v) is 6.35. The summed E-state index contributed by atoms with van der Waals surface area (Å²) in [4.78, 5) is 41.0. The lowest BCUT2D eigenvalue weighted by Crippen LogP contribution is -2.30. The molecular formula is C43H33ClFN3O4S. The summed E-state index contributed by atoms with van der Waals surface area (Å²) in [5.41, 5.74) is 3.77. The molecule has 0 fully saturated rings. The van der Waals surface area contributed by atoms with Crippen molar-refractivity contribution >= 4 is 58.5 Å². The van der Waals surface area contributed by atoms with Crippen LogP contribution >= 0.6 is 23.4 Å². The molecule has 0 aliphatic heterocycles. The quantitative estimate of drug-likeness (QED) is 0.0809. The Balaban J connectivity index is 1.16. The summed E-state index contributed by atoms with van der Waals surface area (Å²) in [5, 5.41) is 7.71. The van der Waals surface area contributed by atoms with Crippen molar-refractivity contribution in [1.29, 1.82) is 0 Å². The van der Waals surface area contributed by atoms with Crippen LogP contribution in [0, 0.1) is 5.82 Å². The zero-order chi connectivity index (χ0) is 37.0. The maximum Gasteiger partial charge on any atom is 0.272 e. The topological polar surface area (TPSA) is 96.5 Å². The number of hydrogen-bond donors (Lipinski definition) is 3. The second kappa shape index (κ2) is 17.9. The van der Waals surface area contributed by atoms with Gasteiger partial charge in [0.15, 0.2) is 0 Å². The first-order chi connectivity index (χ1) is 25.8. The van der Waals surface area contributed by atoms with Crippen molar-refractivity contribution in [1.82, 2.24) is 5.32 Å². The maximum atomic E-state index is 13.7. The van der Waals surface area contributed by atoms with Crippen molar-refractivity contribution in [2.24, 2.45) is 0 Å². The highest BCUT2D eigenvalue weighted by Gasteiger charge is 2.23. The van der Waals surface area contributed by atoms with Crippen molar-refractivity contribution in [3.8, 4) is 5.75 Å². The molecule has 0 aliphatic carbocycles. The fraction of sp³-hybridized carbons (Fsp3) is 0.0465. The van der Waals surface area contributed by atoms with Gasteiger partial charge in [0, 0.05) is 21.8 Å². The highest BCUT2D eigenvalue weighted by atomic mass is 35.5. The van der Waals surface area contributed by atoms with Crippen molar-refractivity contribution < 1.29 is 23.5 Å². The van der Waals surface area contributed by atoms with E-state index in [2.05, 4.69) is 16.0 Å². The van der Waals surface area contributed by atoms with Gasteiger partial charge in [0.05, 0.1) is 5.02 Å². The number of carbonyl (C=O) groups excluding carboxylic acids is 3. The second-order valence-electron chi connectivity index (χ2n) is 11.7. The standard InChI is InChI=1S/C43H33ClFN3O4S/c44-37-27-34(20-25-38(37)45)47-43(51)40(31-12-6-2-7-13-31)53-36-23-18-33(19-24-36)46-42(50)39(48-41(49)32-14-8-3-9-15-32)26-29-16-21-35(22-17-29)52-28-30-10-4-1-5-11-30/h1-27,40H,28H2,(H,46,50)(H,47,51)(H,48,49)/b39-26-.